The SMILES string of the molecule is Cc1ccc([C@H]([NH2+]CC(=O)N[C@@](C)(C#N)C(C)C)c2ccccc2)cc1. The molecule has 0 aliphatic rings. The zero-order valence-electron chi connectivity index (χ0n) is 16.0. The highest BCUT2D eigenvalue weighted by atomic mass is 16.2. The van der Waals surface area contributed by atoms with Gasteiger partial charge in [-0.3, -0.25) is 4.79 Å². The maximum atomic E-state index is 12.4. The minimum absolute atomic E-state index is 0.0370. The molecule has 3 N–H and O–H groups in total. The molecule has 0 unspecified atom stereocenters. The molecule has 1 amide bonds. The van der Waals surface area contributed by atoms with E-state index in [1.165, 1.54) is 5.56 Å². The van der Waals surface area contributed by atoms with E-state index in [0.29, 0.717) is 0 Å². The van der Waals surface area contributed by atoms with Crippen molar-refractivity contribution in [3.8, 4) is 6.07 Å². The summed E-state index contributed by atoms with van der Waals surface area (Å²) < 4.78 is 0. The molecule has 0 fully saturated rings. The molecule has 4 heteroatoms. The van der Waals surface area contributed by atoms with E-state index < -0.39 is 5.54 Å². The third-order valence-electron chi connectivity index (χ3n) is 4.92. The van der Waals surface area contributed by atoms with Gasteiger partial charge in [0.15, 0.2) is 6.54 Å². The van der Waals surface area contributed by atoms with Crippen LogP contribution >= 0.6 is 0 Å². The molecule has 2 aromatic rings. The maximum absolute atomic E-state index is 12.4. The van der Waals surface area contributed by atoms with Gasteiger partial charge in [-0.2, -0.15) is 5.26 Å². The first-order valence-corrected chi connectivity index (χ1v) is 9.03. The van der Waals surface area contributed by atoms with E-state index >= 15 is 0 Å². The molecule has 2 rings (SSSR count). The Morgan fingerprint density at radius 1 is 1.12 bits per heavy atom. The predicted molar refractivity (Wildman–Crippen MR) is 103 cm³/mol. The summed E-state index contributed by atoms with van der Waals surface area (Å²) in [6, 6.07) is 20.8. The van der Waals surface area contributed by atoms with Crippen molar-refractivity contribution in [2.75, 3.05) is 6.54 Å². The second-order valence-electron chi connectivity index (χ2n) is 7.26. The molecule has 2 atom stereocenters. The number of carbonyl (C=O) groups is 1. The number of nitrogens with zero attached hydrogens (tertiary/aromatic N) is 1. The van der Waals surface area contributed by atoms with E-state index in [9.17, 15) is 10.1 Å². The monoisotopic (exact) mass is 350 g/mol. The second-order valence-corrected chi connectivity index (χ2v) is 7.26. The topological polar surface area (TPSA) is 69.5 Å². The number of carbonyl (C=O) groups excluding carboxylic acids is 1. The van der Waals surface area contributed by atoms with Gasteiger partial charge in [0.1, 0.15) is 11.6 Å². The Hall–Kier alpha value is -2.64. The number of benzene rings is 2. The molecule has 0 radical (unpaired) electrons. The summed E-state index contributed by atoms with van der Waals surface area (Å²) in [7, 11) is 0. The minimum Gasteiger partial charge on any atom is -0.333 e. The summed E-state index contributed by atoms with van der Waals surface area (Å²) in [5.41, 5.74) is 2.66. The van der Waals surface area contributed by atoms with Gasteiger partial charge >= 0.3 is 0 Å². The first kappa shape index (κ1) is 19.7. The molecule has 0 saturated heterocycles. The molecule has 0 saturated carbocycles. The Morgan fingerprint density at radius 2 is 1.69 bits per heavy atom. The number of nitriles is 1. The number of nitrogens with two attached hydrogens (primary N) is 1. The molecule has 0 bridgehead atoms. The Morgan fingerprint density at radius 3 is 2.23 bits per heavy atom. The predicted octanol–water partition coefficient (Wildman–Crippen LogP) is 2.70. The number of hydrogen-bond donors (Lipinski definition) is 2. The lowest BCUT2D eigenvalue weighted by molar-refractivity contribution is -0.676. The summed E-state index contributed by atoms with van der Waals surface area (Å²) in [5, 5.41) is 14.3. The van der Waals surface area contributed by atoms with E-state index in [4.69, 9.17) is 0 Å². The Bertz CT molecular complexity index is 762. The van der Waals surface area contributed by atoms with Gasteiger partial charge in [-0.15, -0.1) is 0 Å². The van der Waals surface area contributed by atoms with Crippen molar-refractivity contribution in [3.63, 3.8) is 0 Å². The summed E-state index contributed by atoms with van der Waals surface area (Å²) >= 11 is 0. The highest BCUT2D eigenvalue weighted by Crippen LogP contribution is 2.19. The number of rotatable bonds is 7. The quantitative estimate of drug-likeness (QED) is 0.806. The largest absolute Gasteiger partial charge is 0.333 e. The minimum atomic E-state index is -0.850. The van der Waals surface area contributed by atoms with Gasteiger partial charge in [0.05, 0.1) is 6.07 Å². The van der Waals surface area contributed by atoms with Crippen LogP contribution in [0.1, 0.15) is 43.5 Å². The van der Waals surface area contributed by atoms with E-state index in [1.54, 1.807) is 6.92 Å². The second kappa shape index (κ2) is 8.64. The van der Waals surface area contributed by atoms with E-state index in [1.807, 2.05) is 37.4 Å². The normalized spacial score (nSPS) is 14.3. The number of nitrogens with one attached hydrogen (secondary N) is 1. The molecule has 136 valence electrons. The van der Waals surface area contributed by atoms with Gasteiger partial charge in [0.25, 0.3) is 5.91 Å². The van der Waals surface area contributed by atoms with Gasteiger partial charge in [-0.25, -0.2) is 0 Å². The lowest BCUT2D eigenvalue weighted by atomic mass is 9.90. The zero-order valence-corrected chi connectivity index (χ0v) is 16.0. The van der Waals surface area contributed by atoms with Crippen molar-refractivity contribution in [2.45, 2.75) is 39.3 Å². The van der Waals surface area contributed by atoms with Crippen molar-refractivity contribution in [1.82, 2.24) is 5.32 Å². The van der Waals surface area contributed by atoms with Crippen LogP contribution in [0.15, 0.2) is 54.6 Å². The molecule has 0 spiro atoms. The number of hydrogen-bond acceptors (Lipinski definition) is 2. The lowest BCUT2D eigenvalue weighted by Gasteiger charge is -2.27. The molecule has 0 heterocycles. The Kier molecular flexibility index (Phi) is 6.54. The van der Waals surface area contributed by atoms with Crippen molar-refractivity contribution >= 4 is 5.91 Å². The van der Waals surface area contributed by atoms with Crippen molar-refractivity contribution in [3.05, 3.63) is 71.3 Å². The summed E-state index contributed by atoms with van der Waals surface area (Å²) in [6.45, 7) is 7.97. The van der Waals surface area contributed by atoms with Gasteiger partial charge in [0, 0.05) is 11.1 Å². The van der Waals surface area contributed by atoms with Crippen molar-refractivity contribution in [2.24, 2.45) is 5.92 Å². The van der Waals surface area contributed by atoms with Crippen LogP contribution < -0.4 is 10.6 Å². The number of amides is 1. The van der Waals surface area contributed by atoms with Crippen LogP contribution in [0.5, 0.6) is 0 Å². The fourth-order valence-corrected chi connectivity index (χ4v) is 2.77. The summed E-state index contributed by atoms with van der Waals surface area (Å²) in [5.74, 6) is -0.0886. The number of aryl methyl sites for hydroxylation is 1. The van der Waals surface area contributed by atoms with Crippen LogP contribution in [-0.2, 0) is 4.79 Å². The van der Waals surface area contributed by atoms with Crippen LogP contribution in [0.2, 0.25) is 0 Å². The Labute approximate surface area is 156 Å². The first-order valence-electron chi connectivity index (χ1n) is 9.03. The standard InChI is InChI=1S/C22H27N3O/c1-16(2)22(4,15-23)25-20(26)14-24-21(18-8-6-5-7-9-18)19-12-10-17(3)11-13-19/h5-13,16,21,24H,14H2,1-4H3,(H,25,26)/p+1/t21-,22+/m1/s1. The Balaban J connectivity index is 2.14. The van der Waals surface area contributed by atoms with Crippen LogP contribution in [-0.4, -0.2) is 18.0 Å². The molecule has 4 nitrogen and oxygen atoms in total. The van der Waals surface area contributed by atoms with Crippen LogP contribution in [0, 0.1) is 24.2 Å². The average Bonchev–Trinajstić information content (AvgIpc) is 2.64. The van der Waals surface area contributed by atoms with Gasteiger partial charge in [-0.1, -0.05) is 74.0 Å². The van der Waals surface area contributed by atoms with E-state index in [0.717, 1.165) is 11.1 Å². The highest BCUT2D eigenvalue weighted by molar-refractivity contribution is 5.78. The third kappa shape index (κ3) is 4.93. The fraction of sp³-hybridized carbons (Fsp3) is 0.364. The number of quaternary nitrogens is 1. The lowest BCUT2D eigenvalue weighted by Crippen LogP contribution is -2.88. The van der Waals surface area contributed by atoms with Crippen LogP contribution in [0.25, 0.3) is 0 Å². The van der Waals surface area contributed by atoms with E-state index in [2.05, 4.69) is 54.7 Å². The van der Waals surface area contributed by atoms with Gasteiger partial charge < -0.3 is 10.6 Å². The first-order chi connectivity index (χ1) is 12.4. The maximum Gasteiger partial charge on any atom is 0.276 e. The molecule has 26 heavy (non-hydrogen) atoms. The highest BCUT2D eigenvalue weighted by Gasteiger charge is 2.30. The van der Waals surface area contributed by atoms with Crippen LogP contribution in [0.3, 0.4) is 0 Å². The third-order valence-corrected chi connectivity index (χ3v) is 4.92. The fourth-order valence-electron chi connectivity index (χ4n) is 2.77. The molecule has 0 aliphatic carbocycles. The van der Waals surface area contributed by atoms with Gasteiger partial charge in [-0.05, 0) is 19.8 Å². The molecular formula is C22H28N3O+. The molecule has 0 aromatic heterocycles. The molecular weight excluding hydrogens is 322 g/mol. The zero-order chi connectivity index (χ0) is 19.2. The van der Waals surface area contributed by atoms with Crippen molar-refractivity contribution < 1.29 is 10.1 Å². The molecule has 2 aromatic carbocycles. The van der Waals surface area contributed by atoms with E-state index in [-0.39, 0.29) is 24.4 Å². The van der Waals surface area contributed by atoms with Crippen molar-refractivity contribution in [1.29, 1.82) is 5.26 Å². The van der Waals surface area contributed by atoms with Crippen LogP contribution in [0.4, 0.5) is 0 Å². The smallest absolute Gasteiger partial charge is 0.276 e. The molecule has 0 aliphatic heterocycles. The van der Waals surface area contributed by atoms with Gasteiger partial charge in [0.2, 0.25) is 0 Å². The summed E-state index contributed by atoms with van der Waals surface area (Å²) in [6.07, 6.45) is 0. The average molecular weight is 350 g/mol. The summed E-state index contributed by atoms with van der Waals surface area (Å²) in [4.78, 5) is 12.4.